The molecule has 16 heavy (non-hydrogen) atoms. The molecule has 4 nitrogen and oxygen atoms in total. The third-order valence-corrected chi connectivity index (χ3v) is 2.95. The summed E-state index contributed by atoms with van der Waals surface area (Å²) >= 11 is 9.38. The second-order valence-electron chi connectivity index (χ2n) is 3.02. The first-order valence-electron chi connectivity index (χ1n) is 4.45. The van der Waals surface area contributed by atoms with Gasteiger partial charge in [0.2, 0.25) is 0 Å². The van der Waals surface area contributed by atoms with E-state index in [4.69, 9.17) is 17.4 Å². The summed E-state index contributed by atoms with van der Waals surface area (Å²) in [5.41, 5.74) is 4.00. The van der Waals surface area contributed by atoms with Crippen LogP contribution in [0.15, 0.2) is 35.1 Å². The highest BCUT2D eigenvalue weighted by molar-refractivity contribution is 9.10. The molecule has 0 radical (unpaired) electrons. The lowest BCUT2D eigenvalue weighted by molar-refractivity contribution is 1.16. The molecule has 0 atom stereocenters. The second kappa shape index (κ2) is 4.78. The molecule has 82 valence electrons. The van der Waals surface area contributed by atoms with Crippen molar-refractivity contribution in [3.63, 3.8) is 0 Å². The van der Waals surface area contributed by atoms with Gasteiger partial charge in [-0.1, -0.05) is 27.5 Å². The minimum atomic E-state index is 0.505. The number of aromatic nitrogens is 2. The summed E-state index contributed by atoms with van der Waals surface area (Å²) in [5.74, 6) is 5.88. The number of hydrogen-bond acceptors (Lipinski definition) is 4. The number of nitrogen functional groups attached to an aromatic ring is 1. The molecule has 0 fully saturated rings. The molecular formula is C10H8BrClN4. The predicted octanol–water partition coefficient (Wildman–Crippen LogP) is 2.85. The van der Waals surface area contributed by atoms with E-state index in [1.165, 1.54) is 0 Å². The smallest absolute Gasteiger partial charge is 0.166 e. The maximum atomic E-state index is 5.94. The molecule has 2 rings (SSSR count). The number of nitrogens with two attached hydrogens (primary N) is 1. The maximum Gasteiger partial charge on any atom is 0.166 e. The third-order valence-electron chi connectivity index (χ3n) is 2.02. The number of nitrogens with zero attached hydrogens (tertiary/aromatic N) is 2. The number of halogens is 2. The Morgan fingerprint density at radius 1 is 1.25 bits per heavy atom. The van der Waals surface area contributed by atoms with Crippen LogP contribution in [0.5, 0.6) is 0 Å². The zero-order chi connectivity index (χ0) is 11.5. The van der Waals surface area contributed by atoms with E-state index < -0.39 is 0 Å². The molecule has 0 saturated heterocycles. The molecule has 0 saturated carbocycles. The number of hydrogen-bond donors (Lipinski definition) is 2. The highest BCUT2D eigenvalue weighted by atomic mass is 79.9. The van der Waals surface area contributed by atoms with E-state index in [-0.39, 0.29) is 0 Å². The van der Waals surface area contributed by atoms with Crippen LogP contribution in [0, 0.1) is 0 Å². The molecule has 0 unspecified atom stereocenters. The molecule has 0 aliphatic rings. The van der Waals surface area contributed by atoms with Crippen LogP contribution >= 0.6 is 27.5 Å². The van der Waals surface area contributed by atoms with Crippen molar-refractivity contribution in [2.45, 2.75) is 0 Å². The highest BCUT2D eigenvalue weighted by Gasteiger charge is 2.10. The topological polar surface area (TPSA) is 63.8 Å². The van der Waals surface area contributed by atoms with Gasteiger partial charge in [0.15, 0.2) is 5.82 Å². The van der Waals surface area contributed by atoms with Gasteiger partial charge >= 0.3 is 0 Å². The van der Waals surface area contributed by atoms with E-state index in [9.17, 15) is 0 Å². The minimum Gasteiger partial charge on any atom is -0.307 e. The highest BCUT2D eigenvalue weighted by Crippen LogP contribution is 2.32. The van der Waals surface area contributed by atoms with Crippen molar-refractivity contribution >= 4 is 33.3 Å². The van der Waals surface area contributed by atoms with Gasteiger partial charge in [-0.3, -0.25) is 4.98 Å². The molecule has 0 aliphatic heterocycles. The zero-order valence-corrected chi connectivity index (χ0v) is 10.5. The molecule has 1 aromatic heterocycles. The monoisotopic (exact) mass is 298 g/mol. The molecule has 1 heterocycles. The van der Waals surface area contributed by atoms with E-state index in [1.807, 2.05) is 6.07 Å². The Kier molecular flexibility index (Phi) is 3.38. The first-order valence-corrected chi connectivity index (χ1v) is 5.62. The van der Waals surface area contributed by atoms with Gasteiger partial charge in [0, 0.05) is 27.5 Å². The summed E-state index contributed by atoms with van der Waals surface area (Å²) in [6, 6.07) is 5.45. The Morgan fingerprint density at radius 2 is 2.00 bits per heavy atom. The Bertz CT molecular complexity index is 518. The lowest BCUT2D eigenvalue weighted by atomic mass is 10.1. The first-order chi connectivity index (χ1) is 7.72. The van der Waals surface area contributed by atoms with Gasteiger partial charge in [-0.15, -0.1) is 0 Å². The predicted molar refractivity (Wildman–Crippen MR) is 68.0 cm³/mol. The number of anilines is 1. The van der Waals surface area contributed by atoms with Crippen molar-refractivity contribution in [1.29, 1.82) is 0 Å². The molecular weight excluding hydrogens is 291 g/mol. The van der Waals surface area contributed by atoms with Gasteiger partial charge < -0.3 is 5.43 Å². The number of benzene rings is 1. The van der Waals surface area contributed by atoms with Gasteiger partial charge in [0.1, 0.15) is 5.69 Å². The van der Waals surface area contributed by atoms with Crippen LogP contribution in [0.3, 0.4) is 0 Å². The van der Waals surface area contributed by atoms with Crippen molar-refractivity contribution < 1.29 is 0 Å². The largest absolute Gasteiger partial charge is 0.307 e. The minimum absolute atomic E-state index is 0.505. The van der Waals surface area contributed by atoms with Gasteiger partial charge in [0.25, 0.3) is 0 Å². The Labute approximate surface area is 106 Å². The van der Waals surface area contributed by atoms with Crippen LogP contribution in [-0.4, -0.2) is 9.97 Å². The number of hydrazine groups is 1. The van der Waals surface area contributed by atoms with Crippen LogP contribution in [-0.2, 0) is 0 Å². The quantitative estimate of drug-likeness (QED) is 0.661. The van der Waals surface area contributed by atoms with E-state index in [0.29, 0.717) is 16.5 Å². The van der Waals surface area contributed by atoms with Gasteiger partial charge in [0.05, 0.1) is 0 Å². The zero-order valence-electron chi connectivity index (χ0n) is 8.11. The van der Waals surface area contributed by atoms with Crippen LogP contribution in [0.1, 0.15) is 0 Å². The first kappa shape index (κ1) is 11.3. The second-order valence-corrected chi connectivity index (χ2v) is 4.31. The van der Waals surface area contributed by atoms with Crippen LogP contribution in [0.4, 0.5) is 5.82 Å². The Hall–Kier alpha value is -1.17. The van der Waals surface area contributed by atoms with E-state index >= 15 is 0 Å². The summed E-state index contributed by atoms with van der Waals surface area (Å²) in [6.07, 6.45) is 3.17. The lowest BCUT2D eigenvalue weighted by Gasteiger charge is -2.08. The average molecular weight is 300 g/mol. The summed E-state index contributed by atoms with van der Waals surface area (Å²) in [5, 5.41) is 0.631. The summed E-state index contributed by atoms with van der Waals surface area (Å²) in [7, 11) is 0. The third kappa shape index (κ3) is 2.16. The van der Waals surface area contributed by atoms with Crippen molar-refractivity contribution in [2.75, 3.05) is 5.43 Å². The summed E-state index contributed by atoms with van der Waals surface area (Å²) < 4.78 is 0.883. The molecule has 0 bridgehead atoms. The molecule has 1 aromatic carbocycles. The molecule has 6 heteroatoms. The van der Waals surface area contributed by atoms with Crippen LogP contribution in [0.2, 0.25) is 5.02 Å². The Balaban J connectivity index is 2.62. The van der Waals surface area contributed by atoms with Crippen molar-refractivity contribution in [3.05, 3.63) is 40.1 Å². The molecule has 0 amide bonds. The number of rotatable bonds is 2. The molecule has 2 aromatic rings. The van der Waals surface area contributed by atoms with E-state index in [0.717, 1.165) is 10.0 Å². The maximum absolute atomic E-state index is 5.94. The van der Waals surface area contributed by atoms with Crippen molar-refractivity contribution in [2.24, 2.45) is 5.84 Å². The van der Waals surface area contributed by atoms with Crippen molar-refractivity contribution in [3.8, 4) is 11.3 Å². The fourth-order valence-corrected chi connectivity index (χ4v) is 1.93. The average Bonchev–Trinajstić information content (AvgIpc) is 2.32. The molecule has 0 aliphatic carbocycles. The van der Waals surface area contributed by atoms with Gasteiger partial charge in [-0.25, -0.2) is 10.8 Å². The molecule has 0 spiro atoms. The fraction of sp³-hybridized carbons (Fsp3) is 0. The number of nitrogens with one attached hydrogen (secondary N) is 1. The summed E-state index contributed by atoms with van der Waals surface area (Å²) in [6.45, 7) is 0. The SMILES string of the molecule is NNc1nccnc1-c1cc(Cl)ccc1Br. The lowest BCUT2D eigenvalue weighted by Crippen LogP contribution is -2.10. The molecule has 3 N–H and O–H groups in total. The van der Waals surface area contributed by atoms with E-state index in [2.05, 4.69) is 31.3 Å². The normalized spacial score (nSPS) is 10.2. The van der Waals surface area contributed by atoms with Crippen LogP contribution < -0.4 is 11.3 Å². The van der Waals surface area contributed by atoms with Gasteiger partial charge in [-0.05, 0) is 18.2 Å². The van der Waals surface area contributed by atoms with Gasteiger partial charge in [-0.2, -0.15) is 0 Å². The van der Waals surface area contributed by atoms with Crippen molar-refractivity contribution in [1.82, 2.24) is 9.97 Å². The summed E-state index contributed by atoms with van der Waals surface area (Å²) in [4.78, 5) is 8.31. The standard InChI is InChI=1S/C10H8BrClN4/c11-8-2-1-6(12)5-7(8)9-10(16-13)15-4-3-14-9/h1-5H,13H2,(H,15,16). The Morgan fingerprint density at radius 3 is 2.75 bits per heavy atom. The van der Waals surface area contributed by atoms with Crippen LogP contribution in [0.25, 0.3) is 11.3 Å². The van der Waals surface area contributed by atoms with E-state index in [1.54, 1.807) is 24.5 Å². The fourth-order valence-electron chi connectivity index (χ4n) is 1.32.